The molecular formula is C20H22N4O2. The maximum Gasteiger partial charge on any atom is 0.273 e. The number of para-hydroxylation sites is 2. The van der Waals surface area contributed by atoms with E-state index in [1.165, 1.54) is 0 Å². The average molecular weight is 350 g/mol. The van der Waals surface area contributed by atoms with E-state index in [-0.39, 0.29) is 11.4 Å². The van der Waals surface area contributed by atoms with Crippen molar-refractivity contribution >= 4 is 5.91 Å². The van der Waals surface area contributed by atoms with Crippen LogP contribution in [0.4, 0.5) is 0 Å². The van der Waals surface area contributed by atoms with Crippen molar-refractivity contribution in [3.05, 3.63) is 72.1 Å². The van der Waals surface area contributed by atoms with Gasteiger partial charge in [-0.15, -0.1) is 5.10 Å². The van der Waals surface area contributed by atoms with E-state index in [9.17, 15) is 4.79 Å². The predicted molar refractivity (Wildman–Crippen MR) is 99.1 cm³/mol. The Hall–Kier alpha value is -3.15. The maximum absolute atomic E-state index is 12.4. The number of amides is 1. The van der Waals surface area contributed by atoms with Crippen LogP contribution in [0.25, 0.3) is 0 Å². The number of nitrogens with one attached hydrogen (secondary N) is 1. The van der Waals surface area contributed by atoms with Crippen LogP contribution in [-0.4, -0.2) is 20.9 Å². The summed E-state index contributed by atoms with van der Waals surface area (Å²) in [6, 6.07) is 17.2. The van der Waals surface area contributed by atoms with Gasteiger partial charge in [-0.1, -0.05) is 41.6 Å². The zero-order valence-electron chi connectivity index (χ0n) is 15.1. The summed E-state index contributed by atoms with van der Waals surface area (Å²) in [5.74, 6) is 1.19. The zero-order chi connectivity index (χ0) is 18.6. The molecule has 0 aliphatic heterocycles. The maximum atomic E-state index is 12.4. The van der Waals surface area contributed by atoms with Gasteiger partial charge in [-0.2, -0.15) is 0 Å². The van der Waals surface area contributed by atoms with Crippen LogP contribution in [0.2, 0.25) is 0 Å². The molecule has 0 aliphatic carbocycles. The quantitative estimate of drug-likeness (QED) is 0.761. The molecule has 6 heteroatoms. The SMILES string of the molecule is CC(C)(C)n1cc(C(=O)NCc2ccccc2Oc2ccccc2)nn1. The van der Waals surface area contributed by atoms with Crippen LogP contribution in [0.1, 0.15) is 36.8 Å². The normalized spacial score (nSPS) is 11.2. The molecule has 0 atom stereocenters. The van der Waals surface area contributed by atoms with Crippen molar-refractivity contribution in [1.82, 2.24) is 20.3 Å². The van der Waals surface area contributed by atoms with Gasteiger partial charge in [0.05, 0.1) is 11.7 Å². The third-order valence-electron chi connectivity index (χ3n) is 3.80. The minimum absolute atomic E-state index is 0.221. The van der Waals surface area contributed by atoms with Crippen molar-refractivity contribution < 1.29 is 9.53 Å². The number of rotatable bonds is 5. The molecule has 1 heterocycles. The fourth-order valence-corrected chi connectivity index (χ4v) is 2.33. The highest BCUT2D eigenvalue weighted by atomic mass is 16.5. The second kappa shape index (κ2) is 7.39. The minimum Gasteiger partial charge on any atom is -0.457 e. The lowest BCUT2D eigenvalue weighted by molar-refractivity contribution is 0.0945. The van der Waals surface area contributed by atoms with Gasteiger partial charge in [0.2, 0.25) is 0 Å². The fourth-order valence-electron chi connectivity index (χ4n) is 2.33. The Morgan fingerprint density at radius 1 is 1.08 bits per heavy atom. The summed E-state index contributed by atoms with van der Waals surface area (Å²) < 4.78 is 7.59. The molecule has 3 aromatic rings. The molecule has 134 valence electrons. The number of ether oxygens (including phenoxy) is 1. The number of carbonyl (C=O) groups is 1. The van der Waals surface area contributed by atoms with Gasteiger partial charge in [-0.05, 0) is 39.0 Å². The van der Waals surface area contributed by atoms with E-state index in [1.807, 2.05) is 75.4 Å². The van der Waals surface area contributed by atoms with Gasteiger partial charge in [0.1, 0.15) is 11.5 Å². The third kappa shape index (κ3) is 4.27. The number of carbonyl (C=O) groups excluding carboxylic acids is 1. The molecule has 0 unspecified atom stereocenters. The summed E-state index contributed by atoms with van der Waals surface area (Å²) in [6.07, 6.45) is 1.65. The molecule has 0 spiro atoms. The summed E-state index contributed by atoms with van der Waals surface area (Å²) >= 11 is 0. The lowest BCUT2D eigenvalue weighted by Gasteiger charge is -2.17. The molecule has 0 bridgehead atoms. The van der Waals surface area contributed by atoms with Gasteiger partial charge in [0, 0.05) is 12.1 Å². The molecule has 6 nitrogen and oxygen atoms in total. The molecule has 1 N–H and O–H groups in total. The van der Waals surface area contributed by atoms with Crippen LogP contribution in [0.3, 0.4) is 0 Å². The molecule has 0 saturated heterocycles. The summed E-state index contributed by atoms with van der Waals surface area (Å²) in [5.41, 5.74) is 0.955. The van der Waals surface area contributed by atoms with Crippen molar-refractivity contribution in [2.75, 3.05) is 0 Å². The van der Waals surface area contributed by atoms with Gasteiger partial charge in [0.15, 0.2) is 5.69 Å². The highest BCUT2D eigenvalue weighted by Crippen LogP contribution is 2.24. The minimum atomic E-state index is -0.269. The van der Waals surface area contributed by atoms with Gasteiger partial charge in [-0.3, -0.25) is 4.79 Å². The Bertz CT molecular complexity index is 882. The average Bonchev–Trinajstić information content (AvgIpc) is 3.12. The number of aromatic nitrogens is 3. The van der Waals surface area contributed by atoms with Gasteiger partial charge >= 0.3 is 0 Å². The van der Waals surface area contributed by atoms with E-state index in [1.54, 1.807) is 10.9 Å². The van der Waals surface area contributed by atoms with E-state index < -0.39 is 0 Å². The van der Waals surface area contributed by atoms with E-state index in [4.69, 9.17) is 4.74 Å². The molecule has 1 amide bonds. The Labute approximate surface area is 152 Å². The highest BCUT2D eigenvalue weighted by Gasteiger charge is 2.18. The molecule has 0 aliphatic rings. The van der Waals surface area contributed by atoms with Gasteiger partial charge in [0.25, 0.3) is 5.91 Å². The Morgan fingerprint density at radius 2 is 1.77 bits per heavy atom. The first-order valence-electron chi connectivity index (χ1n) is 8.45. The van der Waals surface area contributed by atoms with Crippen molar-refractivity contribution in [2.45, 2.75) is 32.9 Å². The zero-order valence-corrected chi connectivity index (χ0v) is 15.1. The van der Waals surface area contributed by atoms with E-state index >= 15 is 0 Å². The summed E-state index contributed by atoms with van der Waals surface area (Å²) in [5, 5.41) is 10.8. The monoisotopic (exact) mass is 350 g/mol. The van der Waals surface area contributed by atoms with Gasteiger partial charge < -0.3 is 10.1 Å². The van der Waals surface area contributed by atoms with E-state index in [0.29, 0.717) is 18.0 Å². The van der Waals surface area contributed by atoms with Crippen LogP contribution in [-0.2, 0) is 12.1 Å². The lowest BCUT2D eigenvalue weighted by Crippen LogP contribution is -2.24. The number of hydrogen-bond acceptors (Lipinski definition) is 4. The van der Waals surface area contributed by atoms with E-state index in [2.05, 4.69) is 15.6 Å². The van der Waals surface area contributed by atoms with Crippen LogP contribution >= 0.6 is 0 Å². The molecule has 0 radical (unpaired) electrons. The second-order valence-electron chi connectivity index (χ2n) is 6.92. The lowest BCUT2D eigenvalue weighted by atomic mass is 10.1. The summed E-state index contributed by atoms with van der Waals surface area (Å²) in [7, 11) is 0. The Kier molecular flexibility index (Phi) is 5.02. The first-order valence-corrected chi connectivity index (χ1v) is 8.45. The molecule has 3 rings (SSSR count). The molecule has 26 heavy (non-hydrogen) atoms. The smallest absolute Gasteiger partial charge is 0.273 e. The largest absolute Gasteiger partial charge is 0.457 e. The van der Waals surface area contributed by atoms with Crippen molar-refractivity contribution in [3.8, 4) is 11.5 Å². The first-order chi connectivity index (χ1) is 12.4. The summed E-state index contributed by atoms with van der Waals surface area (Å²) in [6.45, 7) is 6.34. The third-order valence-corrected chi connectivity index (χ3v) is 3.80. The number of benzene rings is 2. The Morgan fingerprint density at radius 3 is 2.46 bits per heavy atom. The topological polar surface area (TPSA) is 69.0 Å². The molecular weight excluding hydrogens is 328 g/mol. The second-order valence-corrected chi connectivity index (χ2v) is 6.92. The van der Waals surface area contributed by atoms with Crippen molar-refractivity contribution in [3.63, 3.8) is 0 Å². The van der Waals surface area contributed by atoms with Crippen LogP contribution in [0, 0.1) is 0 Å². The molecule has 0 fully saturated rings. The Balaban J connectivity index is 1.68. The number of nitrogens with zero attached hydrogens (tertiary/aromatic N) is 3. The molecule has 0 saturated carbocycles. The van der Waals surface area contributed by atoms with Crippen molar-refractivity contribution in [2.24, 2.45) is 0 Å². The molecule has 1 aromatic heterocycles. The standard InChI is InChI=1S/C20H22N4O2/c1-20(2,3)24-14-17(22-23-24)19(25)21-13-15-9-7-8-12-18(15)26-16-10-5-4-6-11-16/h4-12,14H,13H2,1-3H3,(H,21,25). The first kappa shape index (κ1) is 17.7. The van der Waals surface area contributed by atoms with Crippen molar-refractivity contribution in [1.29, 1.82) is 0 Å². The summed E-state index contributed by atoms with van der Waals surface area (Å²) in [4.78, 5) is 12.4. The molecule has 2 aromatic carbocycles. The number of hydrogen-bond donors (Lipinski definition) is 1. The highest BCUT2D eigenvalue weighted by molar-refractivity contribution is 5.91. The fraction of sp³-hybridized carbons (Fsp3) is 0.250. The van der Waals surface area contributed by atoms with E-state index in [0.717, 1.165) is 11.3 Å². The van der Waals surface area contributed by atoms with Gasteiger partial charge in [-0.25, -0.2) is 4.68 Å². The predicted octanol–water partition coefficient (Wildman–Crippen LogP) is 3.76. The van der Waals surface area contributed by atoms with Crippen LogP contribution in [0.5, 0.6) is 11.5 Å². The van der Waals surface area contributed by atoms with Crippen LogP contribution in [0.15, 0.2) is 60.8 Å². The van der Waals surface area contributed by atoms with Crippen LogP contribution < -0.4 is 10.1 Å².